The predicted octanol–water partition coefficient (Wildman–Crippen LogP) is 1.29. The Morgan fingerprint density at radius 2 is 1.78 bits per heavy atom. The lowest BCUT2D eigenvalue weighted by atomic mass is 9.94. The Hall–Kier alpha value is -1.43. The molecule has 1 unspecified atom stereocenters. The monoisotopic (exact) mass is 318 g/mol. The van der Waals surface area contributed by atoms with E-state index in [1.165, 1.54) is 0 Å². The smallest absolute Gasteiger partial charge is 0.225 e. The number of nitrogens with zero attached hydrogens (tertiary/aromatic N) is 2. The van der Waals surface area contributed by atoms with E-state index in [9.17, 15) is 9.90 Å². The van der Waals surface area contributed by atoms with Gasteiger partial charge < -0.3 is 19.6 Å². The number of carbonyl (C=O) groups excluding carboxylic acids is 1. The summed E-state index contributed by atoms with van der Waals surface area (Å²) in [5.41, 5.74) is 0.957. The molecule has 0 radical (unpaired) electrons. The minimum atomic E-state index is -0.456. The molecule has 3 rings (SSSR count). The third kappa shape index (κ3) is 4.31. The Kier molecular flexibility index (Phi) is 5.65. The molecule has 126 valence electrons. The number of ether oxygens (including phenoxy) is 1. The maximum Gasteiger partial charge on any atom is 0.225 e. The maximum atomic E-state index is 12.5. The third-order valence-corrected chi connectivity index (χ3v) is 4.88. The highest BCUT2D eigenvalue weighted by atomic mass is 16.5. The van der Waals surface area contributed by atoms with Crippen molar-refractivity contribution in [2.24, 2.45) is 5.92 Å². The van der Waals surface area contributed by atoms with Crippen molar-refractivity contribution in [1.29, 1.82) is 0 Å². The van der Waals surface area contributed by atoms with Gasteiger partial charge in [-0.15, -0.1) is 0 Å². The van der Waals surface area contributed by atoms with Crippen LogP contribution in [-0.4, -0.2) is 66.8 Å². The minimum absolute atomic E-state index is 0.137. The number of rotatable bonds is 4. The average Bonchev–Trinajstić information content (AvgIpc) is 2.63. The van der Waals surface area contributed by atoms with Crippen LogP contribution >= 0.6 is 0 Å². The quantitative estimate of drug-likeness (QED) is 0.909. The minimum Gasteiger partial charge on any atom is -0.387 e. The van der Waals surface area contributed by atoms with Crippen LogP contribution in [0.3, 0.4) is 0 Å². The summed E-state index contributed by atoms with van der Waals surface area (Å²) in [6.07, 6.45) is 1.32. The van der Waals surface area contributed by atoms with Crippen molar-refractivity contribution < 1.29 is 14.6 Å². The Labute approximate surface area is 137 Å². The van der Waals surface area contributed by atoms with Gasteiger partial charge in [0, 0.05) is 25.6 Å². The van der Waals surface area contributed by atoms with Gasteiger partial charge >= 0.3 is 0 Å². The molecule has 2 aliphatic rings. The highest BCUT2D eigenvalue weighted by Crippen LogP contribution is 2.22. The molecule has 23 heavy (non-hydrogen) atoms. The van der Waals surface area contributed by atoms with Gasteiger partial charge in [-0.1, -0.05) is 30.3 Å². The molecule has 1 atom stereocenters. The van der Waals surface area contributed by atoms with Crippen molar-refractivity contribution in [3.8, 4) is 0 Å². The maximum absolute atomic E-state index is 12.5. The van der Waals surface area contributed by atoms with Gasteiger partial charge in [0.15, 0.2) is 0 Å². The molecule has 0 bridgehead atoms. The van der Waals surface area contributed by atoms with Gasteiger partial charge in [-0.25, -0.2) is 0 Å². The molecule has 0 aromatic heterocycles. The van der Waals surface area contributed by atoms with Gasteiger partial charge in [0.05, 0.1) is 19.3 Å². The van der Waals surface area contributed by atoms with Crippen LogP contribution in [0.4, 0.5) is 0 Å². The molecule has 1 N–H and O–H groups in total. The number of aliphatic hydroxyl groups is 1. The molecule has 1 aromatic rings. The Balaban J connectivity index is 1.45. The molecule has 1 aromatic carbocycles. The van der Waals surface area contributed by atoms with Crippen LogP contribution in [0, 0.1) is 5.92 Å². The van der Waals surface area contributed by atoms with E-state index < -0.39 is 6.10 Å². The molecule has 2 saturated heterocycles. The van der Waals surface area contributed by atoms with Crippen molar-refractivity contribution in [3.63, 3.8) is 0 Å². The van der Waals surface area contributed by atoms with E-state index in [0.717, 1.165) is 44.6 Å². The summed E-state index contributed by atoms with van der Waals surface area (Å²) in [5, 5.41) is 10.3. The first kappa shape index (κ1) is 16.4. The number of amides is 1. The van der Waals surface area contributed by atoms with E-state index in [2.05, 4.69) is 4.90 Å². The number of likely N-dealkylation sites (tertiary alicyclic amines) is 1. The summed E-state index contributed by atoms with van der Waals surface area (Å²) in [6, 6.07) is 9.77. The van der Waals surface area contributed by atoms with E-state index in [4.69, 9.17) is 4.74 Å². The van der Waals surface area contributed by atoms with Crippen molar-refractivity contribution in [2.75, 3.05) is 45.9 Å². The Morgan fingerprint density at radius 3 is 2.43 bits per heavy atom. The average molecular weight is 318 g/mol. The number of carbonyl (C=O) groups is 1. The summed E-state index contributed by atoms with van der Waals surface area (Å²) < 4.78 is 5.31. The lowest BCUT2D eigenvalue weighted by molar-refractivity contribution is -0.141. The van der Waals surface area contributed by atoms with E-state index in [0.29, 0.717) is 19.8 Å². The van der Waals surface area contributed by atoms with Crippen LogP contribution in [0.1, 0.15) is 24.5 Å². The summed E-state index contributed by atoms with van der Waals surface area (Å²) in [6.45, 7) is 5.18. The van der Waals surface area contributed by atoms with Crippen molar-refractivity contribution in [3.05, 3.63) is 35.9 Å². The zero-order valence-corrected chi connectivity index (χ0v) is 13.6. The second-order valence-electron chi connectivity index (χ2n) is 6.44. The molecule has 5 heteroatoms. The van der Waals surface area contributed by atoms with E-state index >= 15 is 0 Å². The van der Waals surface area contributed by atoms with Crippen LogP contribution in [-0.2, 0) is 9.53 Å². The largest absolute Gasteiger partial charge is 0.387 e. The molecular formula is C18H26N2O3. The zero-order valence-electron chi connectivity index (χ0n) is 13.6. The predicted molar refractivity (Wildman–Crippen MR) is 88.0 cm³/mol. The van der Waals surface area contributed by atoms with E-state index in [1.807, 2.05) is 35.2 Å². The number of piperidine rings is 1. The highest BCUT2D eigenvalue weighted by molar-refractivity contribution is 5.79. The van der Waals surface area contributed by atoms with Crippen LogP contribution in [0.15, 0.2) is 30.3 Å². The SMILES string of the molecule is O=C(C1CCN(CC(O)c2ccccc2)CC1)N1CCOCC1. The van der Waals surface area contributed by atoms with E-state index in [-0.39, 0.29) is 11.8 Å². The summed E-state index contributed by atoms with van der Waals surface area (Å²) >= 11 is 0. The van der Waals surface area contributed by atoms with Gasteiger partial charge in [-0.2, -0.15) is 0 Å². The number of β-amino-alcohol motifs (C(OH)–C–C–N with tert-alkyl or cyclic N) is 1. The van der Waals surface area contributed by atoms with Gasteiger partial charge in [0.25, 0.3) is 0 Å². The van der Waals surface area contributed by atoms with E-state index in [1.54, 1.807) is 0 Å². The molecule has 5 nitrogen and oxygen atoms in total. The first-order valence-electron chi connectivity index (χ1n) is 8.56. The Bertz CT molecular complexity index is 494. The first-order chi connectivity index (χ1) is 11.2. The standard InChI is InChI=1S/C18H26N2O3/c21-17(15-4-2-1-3-5-15)14-19-8-6-16(7-9-19)18(22)20-10-12-23-13-11-20/h1-5,16-17,21H,6-14H2. The molecular weight excluding hydrogens is 292 g/mol. The summed E-state index contributed by atoms with van der Waals surface area (Å²) in [7, 11) is 0. The molecule has 0 saturated carbocycles. The van der Waals surface area contributed by atoms with Crippen molar-refractivity contribution in [1.82, 2.24) is 9.80 Å². The van der Waals surface area contributed by atoms with Crippen molar-refractivity contribution >= 4 is 5.91 Å². The second kappa shape index (κ2) is 7.90. The topological polar surface area (TPSA) is 53.0 Å². The number of benzene rings is 1. The lowest BCUT2D eigenvalue weighted by Crippen LogP contribution is -2.47. The van der Waals surface area contributed by atoms with Gasteiger partial charge in [0.1, 0.15) is 0 Å². The fourth-order valence-electron chi connectivity index (χ4n) is 3.43. The summed E-state index contributed by atoms with van der Waals surface area (Å²) in [4.78, 5) is 16.7. The molecule has 0 aliphatic carbocycles. The first-order valence-corrected chi connectivity index (χ1v) is 8.56. The molecule has 0 spiro atoms. The van der Waals surface area contributed by atoms with Gasteiger partial charge in [-0.3, -0.25) is 4.79 Å². The lowest BCUT2D eigenvalue weighted by Gasteiger charge is -2.36. The zero-order chi connectivity index (χ0) is 16.1. The highest BCUT2D eigenvalue weighted by Gasteiger charge is 2.29. The molecule has 2 heterocycles. The Morgan fingerprint density at radius 1 is 1.13 bits per heavy atom. The summed E-state index contributed by atoms with van der Waals surface area (Å²) in [5.74, 6) is 0.426. The normalized spacial score (nSPS) is 22.0. The van der Waals surface area contributed by atoms with Crippen molar-refractivity contribution in [2.45, 2.75) is 18.9 Å². The third-order valence-electron chi connectivity index (χ3n) is 4.88. The van der Waals surface area contributed by atoms with Gasteiger partial charge in [0.2, 0.25) is 5.91 Å². The molecule has 2 aliphatic heterocycles. The number of hydrogen-bond acceptors (Lipinski definition) is 4. The molecule has 2 fully saturated rings. The second-order valence-corrected chi connectivity index (χ2v) is 6.44. The fourth-order valence-corrected chi connectivity index (χ4v) is 3.43. The number of morpholine rings is 1. The van der Waals surface area contributed by atoms with Crippen LogP contribution in [0.2, 0.25) is 0 Å². The van der Waals surface area contributed by atoms with Crippen LogP contribution < -0.4 is 0 Å². The van der Waals surface area contributed by atoms with Gasteiger partial charge in [-0.05, 0) is 31.5 Å². The number of hydrogen-bond donors (Lipinski definition) is 1. The molecule has 1 amide bonds. The van der Waals surface area contributed by atoms with Crippen LogP contribution in [0.5, 0.6) is 0 Å². The fraction of sp³-hybridized carbons (Fsp3) is 0.611. The number of aliphatic hydroxyl groups excluding tert-OH is 1. The van der Waals surface area contributed by atoms with Crippen LogP contribution in [0.25, 0.3) is 0 Å².